The van der Waals surface area contributed by atoms with E-state index in [4.69, 9.17) is 0 Å². The first-order valence-electron chi connectivity index (χ1n) is 5.71. The number of fused-ring (bicyclic) bond motifs is 1. The van der Waals surface area contributed by atoms with Crippen molar-refractivity contribution in [1.29, 1.82) is 0 Å². The van der Waals surface area contributed by atoms with Gasteiger partial charge in [0, 0.05) is 12.5 Å². The molecular weight excluding hydrogens is 218 g/mol. The lowest BCUT2D eigenvalue weighted by molar-refractivity contribution is 0.783. The average molecular weight is 235 g/mol. The minimum atomic E-state index is 0.369. The monoisotopic (exact) mass is 235 g/mol. The van der Waals surface area contributed by atoms with E-state index in [9.17, 15) is 0 Å². The third-order valence-corrected chi connectivity index (χ3v) is 3.21. The van der Waals surface area contributed by atoms with E-state index in [1.54, 1.807) is 11.3 Å². The maximum Gasteiger partial charge on any atom is 0.138 e. The number of nitrogens with zero attached hydrogens (tertiary/aromatic N) is 2. The predicted molar refractivity (Wildman–Crippen MR) is 70.3 cm³/mol. The lowest BCUT2D eigenvalue weighted by Gasteiger charge is -2.09. The van der Waals surface area contributed by atoms with Crippen LogP contribution in [0.1, 0.15) is 38.9 Å². The van der Waals surface area contributed by atoms with Gasteiger partial charge in [0.2, 0.25) is 0 Å². The van der Waals surface area contributed by atoms with Crippen molar-refractivity contribution in [2.45, 2.75) is 33.1 Å². The van der Waals surface area contributed by atoms with E-state index in [0.29, 0.717) is 5.92 Å². The van der Waals surface area contributed by atoms with Crippen LogP contribution in [-0.4, -0.2) is 16.5 Å². The van der Waals surface area contributed by atoms with Gasteiger partial charge < -0.3 is 5.32 Å². The van der Waals surface area contributed by atoms with Gasteiger partial charge in [0.1, 0.15) is 16.5 Å². The van der Waals surface area contributed by atoms with Gasteiger partial charge in [-0.1, -0.05) is 20.8 Å². The summed E-state index contributed by atoms with van der Waals surface area (Å²) in [4.78, 5) is 10.2. The molecule has 0 spiro atoms. The molecule has 0 aromatic carbocycles. The van der Waals surface area contributed by atoms with Crippen LogP contribution in [-0.2, 0) is 0 Å². The molecule has 0 bridgehead atoms. The maximum atomic E-state index is 4.59. The van der Waals surface area contributed by atoms with Crippen molar-refractivity contribution in [3.8, 4) is 0 Å². The second kappa shape index (κ2) is 4.78. The van der Waals surface area contributed by atoms with Gasteiger partial charge in [-0.15, -0.1) is 11.3 Å². The molecule has 0 fully saturated rings. The standard InChI is InChI=1S/C12H17N3S/c1-4-6-13-11-9-5-7-16-12(9)15-10(14-11)8(2)3/h5,7-8H,4,6H2,1-3H3,(H,13,14,15). The molecular formula is C12H17N3S. The van der Waals surface area contributed by atoms with Gasteiger partial charge in [-0.3, -0.25) is 0 Å². The van der Waals surface area contributed by atoms with E-state index < -0.39 is 0 Å². The molecule has 86 valence electrons. The van der Waals surface area contributed by atoms with Crippen LogP contribution in [0.5, 0.6) is 0 Å². The summed E-state index contributed by atoms with van der Waals surface area (Å²) < 4.78 is 0. The van der Waals surface area contributed by atoms with Crippen molar-refractivity contribution < 1.29 is 0 Å². The number of thiophene rings is 1. The third-order valence-electron chi connectivity index (χ3n) is 2.40. The number of nitrogens with one attached hydrogen (secondary N) is 1. The molecule has 4 heteroatoms. The van der Waals surface area contributed by atoms with E-state index >= 15 is 0 Å². The molecule has 2 aromatic heterocycles. The van der Waals surface area contributed by atoms with Gasteiger partial charge in [0.05, 0.1) is 5.39 Å². The fraction of sp³-hybridized carbons (Fsp3) is 0.500. The molecule has 0 aliphatic rings. The van der Waals surface area contributed by atoms with Crippen LogP contribution in [0, 0.1) is 0 Å². The maximum absolute atomic E-state index is 4.59. The summed E-state index contributed by atoms with van der Waals surface area (Å²) >= 11 is 1.68. The van der Waals surface area contributed by atoms with Gasteiger partial charge >= 0.3 is 0 Å². The molecule has 0 saturated heterocycles. The highest BCUT2D eigenvalue weighted by atomic mass is 32.1. The molecule has 0 unspecified atom stereocenters. The first-order chi connectivity index (χ1) is 7.72. The summed E-state index contributed by atoms with van der Waals surface area (Å²) in [6.07, 6.45) is 1.10. The van der Waals surface area contributed by atoms with Gasteiger partial charge in [-0.25, -0.2) is 9.97 Å². The zero-order chi connectivity index (χ0) is 11.5. The summed E-state index contributed by atoms with van der Waals surface area (Å²) in [5.74, 6) is 2.28. The molecule has 3 nitrogen and oxygen atoms in total. The summed E-state index contributed by atoms with van der Waals surface area (Å²) in [5.41, 5.74) is 0. The van der Waals surface area contributed by atoms with E-state index in [1.807, 2.05) is 0 Å². The zero-order valence-corrected chi connectivity index (χ0v) is 10.8. The average Bonchev–Trinajstić information content (AvgIpc) is 2.73. The Morgan fingerprint density at radius 3 is 2.88 bits per heavy atom. The largest absolute Gasteiger partial charge is 0.369 e. The van der Waals surface area contributed by atoms with Crippen LogP contribution in [0.15, 0.2) is 11.4 Å². The summed E-state index contributed by atoms with van der Waals surface area (Å²) in [7, 11) is 0. The predicted octanol–water partition coefficient (Wildman–Crippen LogP) is 3.64. The molecule has 0 aliphatic heterocycles. The van der Waals surface area contributed by atoms with E-state index in [-0.39, 0.29) is 0 Å². The van der Waals surface area contributed by atoms with Crippen LogP contribution in [0.4, 0.5) is 5.82 Å². The molecule has 0 amide bonds. The molecule has 0 radical (unpaired) electrons. The quantitative estimate of drug-likeness (QED) is 0.879. The second-order valence-corrected chi connectivity index (χ2v) is 5.05. The Hall–Kier alpha value is -1.16. The van der Waals surface area contributed by atoms with Crippen molar-refractivity contribution in [1.82, 2.24) is 9.97 Å². The van der Waals surface area contributed by atoms with Gasteiger partial charge in [0.25, 0.3) is 0 Å². The highest BCUT2D eigenvalue weighted by Crippen LogP contribution is 2.26. The molecule has 0 atom stereocenters. The molecule has 16 heavy (non-hydrogen) atoms. The van der Waals surface area contributed by atoms with Crippen LogP contribution < -0.4 is 5.32 Å². The minimum absolute atomic E-state index is 0.369. The van der Waals surface area contributed by atoms with Crippen LogP contribution in [0.2, 0.25) is 0 Å². The topological polar surface area (TPSA) is 37.8 Å². The molecule has 1 N–H and O–H groups in total. The molecule has 2 rings (SSSR count). The molecule has 0 aliphatic carbocycles. The Labute approximate surface area is 99.9 Å². The van der Waals surface area contributed by atoms with Crippen molar-refractivity contribution in [3.63, 3.8) is 0 Å². The Kier molecular flexibility index (Phi) is 3.39. The minimum Gasteiger partial charge on any atom is -0.369 e. The lowest BCUT2D eigenvalue weighted by Crippen LogP contribution is -2.06. The first kappa shape index (κ1) is 11.3. The van der Waals surface area contributed by atoms with Crippen LogP contribution in [0.25, 0.3) is 10.2 Å². The Balaban J connectivity index is 2.46. The van der Waals surface area contributed by atoms with Crippen molar-refractivity contribution in [2.75, 3.05) is 11.9 Å². The third kappa shape index (κ3) is 2.16. The van der Waals surface area contributed by atoms with Crippen molar-refractivity contribution in [3.05, 3.63) is 17.3 Å². The van der Waals surface area contributed by atoms with E-state index in [1.165, 1.54) is 0 Å². The molecule has 2 aromatic rings. The Morgan fingerprint density at radius 2 is 2.19 bits per heavy atom. The number of anilines is 1. The SMILES string of the molecule is CCCNc1nc(C(C)C)nc2sccc12. The first-order valence-corrected chi connectivity index (χ1v) is 6.59. The van der Waals surface area contributed by atoms with Gasteiger partial charge in [-0.2, -0.15) is 0 Å². The fourth-order valence-electron chi connectivity index (χ4n) is 1.51. The van der Waals surface area contributed by atoms with Crippen LogP contribution >= 0.6 is 11.3 Å². The molecule has 0 saturated carbocycles. The van der Waals surface area contributed by atoms with Crippen molar-refractivity contribution in [2.24, 2.45) is 0 Å². The van der Waals surface area contributed by atoms with Gasteiger partial charge in [0.15, 0.2) is 0 Å². The number of hydrogen-bond acceptors (Lipinski definition) is 4. The number of aromatic nitrogens is 2. The number of rotatable bonds is 4. The summed E-state index contributed by atoms with van der Waals surface area (Å²) in [5, 5.41) is 6.59. The molecule has 2 heterocycles. The van der Waals surface area contributed by atoms with E-state index in [0.717, 1.165) is 34.8 Å². The summed E-state index contributed by atoms with van der Waals surface area (Å²) in [6, 6.07) is 2.09. The highest BCUT2D eigenvalue weighted by Gasteiger charge is 2.10. The van der Waals surface area contributed by atoms with E-state index in [2.05, 4.69) is 47.5 Å². The highest BCUT2D eigenvalue weighted by molar-refractivity contribution is 7.16. The summed E-state index contributed by atoms with van der Waals surface area (Å²) in [6.45, 7) is 7.36. The van der Waals surface area contributed by atoms with Crippen LogP contribution in [0.3, 0.4) is 0 Å². The normalized spacial score (nSPS) is 11.2. The van der Waals surface area contributed by atoms with Crippen molar-refractivity contribution >= 4 is 27.4 Å². The second-order valence-electron chi connectivity index (χ2n) is 4.15. The smallest absolute Gasteiger partial charge is 0.138 e. The fourth-order valence-corrected chi connectivity index (χ4v) is 2.28. The van der Waals surface area contributed by atoms with Gasteiger partial charge in [-0.05, 0) is 17.9 Å². The lowest BCUT2D eigenvalue weighted by atomic mass is 10.2. The number of hydrogen-bond donors (Lipinski definition) is 1. The Morgan fingerprint density at radius 1 is 1.38 bits per heavy atom. The zero-order valence-electron chi connectivity index (χ0n) is 9.95. The Bertz CT molecular complexity index is 476.